The van der Waals surface area contributed by atoms with Crippen LogP contribution in [0.4, 0.5) is 4.79 Å². The molecule has 1 atom stereocenters. The van der Waals surface area contributed by atoms with Crippen molar-refractivity contribution in [2.45, 2.75) is 31.7 Å². The van der Waals surface area contributed by atoms with E-state index in [-0.39, 0.29) is 11.2 Å². The maximum Gasteiger partial charge on any atom is 0.332 e. The predicted molar refractivity (Wildman–Crippen MR) is 55.3 cm³/mol. The van der Waals surface area contributed by atoms with Crippen molar-refractivity contribution >= 4 is 23.0 Å². The van der Waals surface area contributed by atoms with Crippen molar-refractivity contribution in [3.8, 4) is 0 Å². The molecule has 80 valence electrons. The van der Waals surface area contributed by atoms with E-state index in [0.29, 0.717) is 12.2 Å². The number of ether oxygens (including phenoxy) is 1. The van der Waals surface area contributed by atoms with Crippen molar-refractivity contribution in [3.63, 3.8) is 0 Å². The molecule has 14 heavy (non-hydrogen) atoms. The van der Waals surface area contributed by atoms with Gasteiger partial charge < -0.3 is 10.1 Å². The molecular formula is C9H15NO3S. The zero-order valence-electron chi connectivity index (χ0n) is 8.46. The van der Waals surface area contributed by atoms with Crippen LogP contribution in [0.3, 0.4) is 0 Å². The lowest BCUT2D eigenvalue weighted by atomic mass is 9.95. The molecule has 5 heteroatoms. The number of unbranched alkanes of at least 4 members (excludes halogenated alkanes) is 1. The molecule has 0 aliphatic carbocycles. The van der Waals surface area contributed by atoms with E-state index < -0.39 is 5.54 Å². The highest BCUT2D eigenvalue weighted by molar-refractivity contribution is 8.14. The van der Waals surface area contributed by atoms with Gasteiger partial charge in [-0.1, -0.05) is 31.5 Å². The van der Waals surface area contributed by atoms with E-state index in [1.54, 1.807) is 0 Å². The largest absolute Gasteiger partial charge is 0.467 e. The van der Waals surface area contributed by atoms with Crippen molar-refractivity contribution in [2.24, 2.45) is 0 Å². The van der Waals surface area contributed by atoms with Gasteiger partial charge in [0.2, 0.25) is 0 Å². The van der Waals surface area contributed by atoms with E-state index in [1.165, 1.54) is 7.11 Å². The molecule has 0 saturated carbocycles. The van der Waals surface area contributed by atoms with Gasteiger partial charge in [-0.3, -0.25) is 4.79 Å². The molecule has 0 aromatic heterocycles. The van der Waals surface area contributed by atoms with Crippen molar-refractivity contribution in [1.82, 2.24) is 5.32 Å². The number of amides is 1. The summed E-state index contributed by atoms with van der Waals surface area (Å²) in [5.74, 6) is 0.155. The second-order valence-electron chi connectivity index (χ2n) is 3.38. The third kappa shape index (κ3) is 2.20. The topological polar surface area (TPSA) is 55.4 Å². The predicted octanol–water partition coefficient (Wildman–Crippen LogP) is 1.54. The van der Waals surface area contributed by atoms with Crippen LogP contribution in [0.2, 0.25) is 0 Å². The molecule has 0 aromatic rings. The number of carbonyl (C=O) groups excluding carboxylic acids is 2. The zero-order valence-corrected chi connectivity index (χ0v) is 9.28. The number of rotatable bonds is 4. The molecule has 0 aromatic carbocycles. The number of hydrogen-bond donors (Lipinski definition) is 1. The van der Waals surface area contributed by atoms with Crippen LogP contribution in [0.25, 0.3) is 0 Å². The summed E-state index contributed by atoms with van der Waals surface area (Å²) >= 11 is 1.15. The Morgan fingerprint density at radius 1 is 1.71 bits per heavy atom. The van der Waals surface area contributed by atoms with Crippen LogP contribution in [0.5, 0.6) is 0 Å². The summed E-state index contributed by atoms with van der Waals surface area (Å²) in [6.45, 7) is 2.05. The third-order valence-electron chi connectivity index (χ3n) is 2.32. The van der Waals surface area contributed by atoms with Crippen LogP contribution < -0.4 is 5.32 Å². The number of thioether (sulfide) groups is 1. The first-order chi connectivity index (χ1) is 6.64. The van der Waals surface area contributed by atoms with Crippen LogP contribution in [-0.2, 0) is 9.53 Å². The third-order valence-corrected chi connectivity index (χ3v) is 3.33. The zero-order chi connectivity index (χ0) is 10.6. The fourth-order valence-electron chi connectivity index (χ4n) is 1.48. The van der Waals surface area contributed by atoms with E-state index in [4.69, 9.17) is 4.74 Å². The molecule has 0 spiro atoms. The highest BCUT2D eigenvalue weighted by atomic mass is 32.2. The molecule has 1 heterocycles. The summed E-state index contributed by atoms with van der Waals surface area (Å²) in [5.41, 5.74) is -0.771. The Morgan fingerprint density at radius 3 is 2.86 bits per heavy atom. The van der Waals surface area contributed by atoms with Crippen LogP contribution in [0.15, 0.2) is 0 Å². The maximum absolute atomic E-state index is 11.5. The van der Waals surface area contributed by atoms with Gasteiger partial charge in [0.25, 0.3) is 5.24 Å². The van der Waals surface area contributed by atoms with Crippen LogP contribution in [-0.4, -0.2) is 29.6 Å². The second-order valence-corrected chi connectivity index (χ2v) is 4.33. The number of nitrogens with one attached hydrogen (secondary N) is 1. The average Bonchev–Trinajstić information content (AvgIpc) is 2.57. The lowest BCUT2D eigenvalue weighted by Crippen LogP contribution is -2.51. The maximum atomic E-state index is 11.5. The molecule has 1 aliphatic rings. The Labute approximate surface area is 87.8 Å². The van der Waals surface area contributed by atoms with Gasteiger partial charge in [-0.05, 0) is 6.42 Å². The Morgan fingerprint density at radius 2 is 2.43 bits per heavy atom. The Hall–Kier alpha value is -0.710. The molecule has 1 unspecified atom stereocenters. The molecule has 1 amide bonds. The quantitative estimate of drug-likeness (QED) is 0.726. The van der Waals surface area contributed by atoms with E-state index in [0.717, 1.165) is 24.6 Å². The van der Waals surface area contributed by atoms with E-state index in [9.17, 15) is 9.59 Å². The Balaban J connectivity index is 2.69. The lowest BCUT2D eigenvalue weighted by Gasteiger charge is -2.24. The van der Waals surface area contributed by atoms with Crippen LogP contribution in [0, 0.1) is 0 Å². The summed E-state index contributed by atoms with van der Waals surface area (Å²) in [6, 6.07) is 0. The Kier molecular flexibility index (Phi) is 3.80. The highest BCUT2D eigenvalue weighted by Gasteiger charge is 2.45. The SMILES string of the molecule is CCCCC1(C(=O)OC)CSC(=O)N1. The standard InChI is InChI=1S/C9H15NO3S/c1-3-4-5-9(7(11)13-2)6-14-8(12)10-9/h3-6H2,1-2H3,(H,10,12). The van der Waals surface area contributed by atoms with E-state index >= 15 is 0 Å². The molecule has 1 fully saturated rings. The second kappa shape index (κ2) is 4.68. The Bertz CT molecular complexity index is 244. The lowest BCUT2D eigenvalue weighted by molar-refractivity contribution is -0.147. The minimum atomic E-state index is -0.771. The van der Waals surface area contributed by atoms with Gasteiger partial charge in [0.15, 0.2) is 0 Å². The van der Waals surface area contributed by atoms with Gasteiger partial charge in [-0.2, -0.15) is 0 Å². The minimum Gasteiger partial charge on any atom is -0.467 e. The summed E-state index contributed by atoms with van der Waals surface area (Å²) in [5, 5.41) is 2.57. The van der Waals surface area contributed by atoms with Gasteiger partial charge in [0, 0.05) is 5.75 Å². The van der Waals surface area contributed by atoms with Crippen molar-refractivity contribution in [3.05, 3.63) is 0 Å². The van der Waals surface area contributed by atoms with Crippen molar-refractivity contribution in [2.75, 3.05) is 12.9 Å². The molecule has 1 saturated heterocycles. The smallest absolute Gasteiger partial charge is 0.332 e. The van der Waals surface area contributed by atoms with Gasteiger partial charge in [0.05, 0.1) is 7.11 Å². The number of esters is 1. The summed E-state index contributed by atoms with van der Waals surface area (Å²) in [4.78, 5) is 22.6. The first-order valence-corrected chi connectivity index (χ1v) is 5.66. The van der Waals surface area contributed by atoms with Gasteiger partial charge in [-0.15, -0.1) is 0 Å². The summed E-state index contributed by atoms with van der Waals surface area (Å²) in [6.07, 6.45) is 2.57. The molecule has 0 radical (unpaired) electrons. The monoisotopic (exact) mass is 217 g/mol. The number of carbonyl (C=O) groups is 2. The molecule has 1 N–H and O–H groups in total. The van der Waals surface area contributed by atoms with Crippen LogP contribution >= 0.6 is 11.8 Å². The fraction of sp³-hybridized carbons (Fsp3) is 0.778. The number of hydrogen-bond acceptors (Lipinski definition) is 4. The molecule has 4 nitrogen and oxygen atoms in total. The number of methoxy groups -OCH3 is 1. The summed E-state index contributed by atoms with van der Waals surface area (Å²) in [7, 11) is 1.35. The molecular weight excluding hydrogens is 202 g/mol. The molecule has 1 rings (SSSR count). The minimum absolute atomic E-state index is 0.133. The van der Waals surface area contributed by atoms with Gasteiger partial charge in [-0.25, -0.2) is 4.79 Å². The van der Waals surface area contributed by atoms with E-state index in [2.05, 4.69) is 12.2 Å². The van der Waals surface area contributed by atoms with Crippen molar-refractivity contribution in [1.29, 1.82) is 0 Å². The normalized spacial score (nSPS) is 26.0. The van der Waals surface area contributed by atoms with E-state index in [1.807, 2.05) is 0 Å². The highest BCUT2D eigenvalue weighted by Crippen LogP contribution is 2.28. The first-order valence-electron chi connectivity index (χ1n) is 4.68. The van der Waals surface area contributed by atoms with Crippen LogP contribution in [0.1, 0.15) is 26.2 Å². The fourth-order valence-corrected chi connectivity index (χ4v) is 2.46. The summed E-state index contributed by atoms with van der Waals surface area (Å²) < 4.78 is 4.72. The molecule has 1 aliphatic heterocycles. The average molecular weight is 217 g/mol. The van der Waals surface area contributed by atoms with Gasteiger partial charge in [0.1, 0.15) is 5.54 Å². The van der Waals surface area contributed by atoms with Gasteiger partial charge >= 0.3 is 5.97 Å². The molecule has 0 bridgehead atoms. The first kappa shape index (κ1) is 11.4. The van der Waals surface area contributed by atoms with Crippen molar-refractivity contribution < 1.29 is 14.3 Å².